The van der Waals surface area contributed by atoms with Gasteiger partial charge in [0.15, 0.2) is 0 Å². The molecule has 82 valence electrons. The Kier molecular flexibility index (Phi) is 3.68. The van der Waals surface area contributed by atoms with Crippen LogP contribution >= 0.6 is 0 Å². The number of phenols is 1. The number of benzene rings is 1. The van der Waals surface area contributed by atoms with E-state index in [2.05, 4.69) is 0 Å². The second-order valence-electron chi connectivity index (χ2n) is 3.57. The van der Waals surface area contributed by atoms with Crippen molar-refractivity contribution >= 4 is 5.97 Å². The van der Waals surface area contributed by atoms with Gasteiger partial charge in [0.1, 0.15) is 11.5 Å². The number of aliphatic hydroxyl groups excluding tert-OH is 1. The lowest BCUT2D eigenvalue weighted by Gasteiger charge is -2.08. The molecule has 0 aromatic heterocycles. The van der Waals surface area contributed by atoms with E-state index < -0.39 is 0 Å². The predicted octanol–water partition coefficient (Wildman–Crippen LogP) is 1.45. The molecule has 0 amide bonds. The average molecular weight is 210 g/mol. The molecule has 0 spiro atoms. The Balaban J connectivity index is 2.85. The smallest absolute Gasteiger partial charge is 0.313 e. The Morgan fingerprint density at radius 1 is 1.40 bits per heavy atom. The molecular formula is C11H14O4. The average Bonchev–Trinajstić information content (AvgIpc) is 2.16. The van der Waals surface area contributed by atoms with Crippen LogP contribution in [0.1, 0.15) is 19.4 Å². The molecule has 0 aliphatic rings. The second kappa shape index (κ2) is 4.79. The number of carbonyl (C=O) groups is 1. The zero-order valence-corrected chi connectivity index (χ0v) is 8.73. The van der Waals surface area contributed by atoms with Crippen LogP contribution in [0.3, 0.4) is 0 Å². The summed E-state index contributed by atoms with van der Waals surface area (Å²) in [6.45, 7) is 3.23. The van der Waals surface area contributed by atoms with Crippen LogP contribution in [-0.4, -0.2) is 16.2 Å². The van der Waals surface area contributed by atoms with Gasteiger partial charge in [-0.3, -0.25) is 4.79 Å². The molecule has 0 bridgehead atoms. The molecule has 0 fully saturated rings. The second-order valence-corrected chi connectivity index (χ2v) is 3.57. The van der Waals surface area contributed by atoms with E-state index in [0.29, 0.717) is 5.56 Å². The highest BCUT2D eigenvalue weighted by molar-refractivity contribution is 5.74. The van der Waals surface area contributed by atoms with Gasteiger partial charge in [0.25, 0.3) is 0 Å². The van der Waals surface area contributed by atoms with Gasteiger partial charge in [-0.2, -0.15) is 0 Å². The van der Waals surface area contributed by atoms with Crippen molar-refractivity contribution < 1.29 is 19.7 Å². The molecule has 0 atom stereocenters. The zero-order valence-electron chi connectivity index (χ0n) is 8.73. The van der Waals surface area contributed by atoms with Gasteiger partial charge in [-0.1, -0.05) is 13.8 Å². The first-order valence-corrected chi connectivity index (χ1v) is 4.68. The summed E-state index contributed by atoms with van der Waals surface area (Å²) < 4.78 is 4.99. The molecule has 0 radical (unpaired) electrons. The van der Waals surface area contributed by atoms with Gasteiger partial charge in [0, 0.05) is 6.07 Å². The Bertz CT molecular complexity index is 358. The maximum atomic E-state index is 11.3. The Morgan fingerprint density at radius 3 is 2.60 bits per heavy atom. The Labute approximate surface area is 88.1 Å². The number of hydrogen-bond donors (Lipinski definition) is 2. The minimum absolute atomic E-state index is 0.0342. The van der Waals surface area contributed by atoms with Crippen molar-refractivity contribution in [3.05, 3.63) is 23.8 Å². The molecule has 0 saturated carbocycles. The fourth-order valence-corrected chi connectivity index (χ4v) is 1.03. The maximum Gasteiger partial charge on any atom is 0.313 e. The summed E-state index contributed by atoms with van der Waals surface area (Å²) in [6, 6.07) is 4.26. The van der Waals surface area contributed by atoms with E-state index in [1.54, 1.807) is 13.8 Å². The summed E-state index contributed by atoms with van der Waals surface area (Å²) in [5, 5.41) is 18.2. The summed E-state index contributed by atoms with van der Waals surface area (Å²) in [6.07, 6.45) is 0. The van der Waals surface area contributed by atoms with Crippen LogP contribution in [0.5, 0.6) is 11.5 Å². The molecule has 1 aromatic rings. The molecule has 0 unspecified atom stereocenters. The molecule has 0 aliphatic carbocycles. The molecule has 0 heterocycles. The molecule has 4 heteroatoms. The Morgan fingerprint density at radius 2 is 2.07 bits per heavy atom. The van der Waals surface area contributed by atoms with E-state index in [9.17, 15) is 9.90 Å². The molecule has 4 nitrogen and oxygen atoms in total. The van der Waals surface area contributed by atoms with Crippen LogP contribution in [0.2, 0.25) is 0 Å². The number of esters is 1. The van der Waals surface area contributed by atoms with E-state index in [1.165, 1.54) is 18.2 Å². The summed E-state index contributed by atoms with van der Waals surface area (Å²) in [4.78, 5) is 11.3. The van der Waals surface area contributed by atoms with Crippen LogP contribution in [0, 0.1) is 5.92 Å². The highest BCUT2D eigenvalue weighted by Gasteiger charge is 2.10. The highest BCUT2D eigenvalue weighted by Crippen LogP contribution is 2.22. The number of aromatic hydroxyl groups is 1. The SMILES string of the molecule is CC(C)C(=O)Oc1cc(O)cc(CO)c1. The highest BCUT2D eigenvalue weighted by atomic mass is 16.5. The number of rotatable bonds is 3. The molecule has 0 saturated heterocycles. The fraction of sp³-hybridized carbons (Fsp3) is 0.364. The number of hydrogen-bond acceptors (Lipinski definition) is 4. The monoisotopic (exact) mass is 210 g/mol. The van der Waals surface area contributed by atoms with Gasteiger partial charge < -0.3 is 14.9 Å². The summed E-state index contributed by atoms with van der Waals surface area (Å²) in [7, 11) is 0. The topological polar surface area (TPSA) is 66.8 Å². The number of carbonyl (C=O) groups excluding carboxylic acids is 1. The lowest BCUT2D eigenvalue weighted by molar-refractivity contribution is -0.137. The minimum atomic E-state index is -0.371. The van der Waals surface area contributed by atoms with E-state index in [-0.39, 0.29) is 30.0 Å². The third-order valence-corrected chi connectivity index (χ3v) is 1.82. The standard InChI is InChI=1S/C11H14O4/c1-7(2)11(14)15-10-4-8(6-12)3-9(13)5-10/h3-5,7,12-13H,6H2,1-2H3. The van der Waals surface area contributed by atoms with Crippen LogP contribution in [0.15, 0.2) is 18.2 Å². The molecule has 2 N–H and O–H groups in total. The largest absolute Gasteiger partial charge is 0.508 e. The fourth-order valence-electron chi connectivity index (χ4n) is 1.03. The van der Waals surface area contributed by atoms with Gasteiger partial charge in [0.2, 0.25) is 0 Å². The quantitative estimate of drug-likeness (QED) is 0.585. The van der Waals surface area contributed by atoms with Gasteiger partial charge in [0.05, 0.1) is 12.5 Å². The van der Waals surface area contributed by atoms with Crippen molar-refractivity contribution in [3.8, 4) is 11.5 Å². The van der Waals surface area contributed by atoms with Gasteiger partial charge >= 0.3 is 5.97 Å². The third kappa shape index (κ3) is 3.25. The van der Waals surface area contributed by atoms with Crippen LogP contribution in [0.4, 0.5) is 0 Å². The Hall–Kier alpha value is -1.55. The van der Waals surface area contributed by atoms with Gasteiger partial charge in [-0.25, -0.2) is 0 Å². The van der Waals surface area contributed by atoms with Crippen molar-refractivity contribution in [1.29, 1.82) is 0 Å². The number of ether oxygens (including phenoxy) is 1. The molecule has 1 aromatic carbocycles. The van der Waals surface area contributed by atoms with E-state index in [1.807, 2.05) is 0 Å². The van der Waals surface area contributed by atoms with Crippen molar-refractivity contribution in [1.82, 2.24) is 0 Å². The first-order chi connectivity index (χ1) is 7.02. The number of phenolic OH excluding ortho intramolecular Hbond substituents is 1. The van der Waals surface area contributed by atoms with Crippen molar-refractivity contribution in [2.45, 2.75) is 20.5 Å². The minimum Gasteiger partial charge on any atom is -0.508 e. The van der Waals surface area contributed by atoms with Crippen molar-refractivity contribution in [2.75, 3.05) is 0 Å². The molecule has 1 rings (SSSR count). The molecule has 0 aliphatic heterocycles. The normalized spacial score (nSPS) is 10.4. The van der Waals surface area contributed by atoms with E-state index in [4.69, 9.17) is 9.84 Å². The van der Waals surface area contributed by atoms with Crippen LogP contribution < -0.4 is 4.74 Å². The van der Waals surface area contributed by atoms with Crippen LogP contribution in [0.25, 0.3) is 0 Å². The number of aliphatic hydroxyl groups is 1. The zero-order chi connectivity index (χ0) is 11.4. The first-order valence-electron chi connectivity index (χ1n) is 4.68. The first kappa shape index (κ1) is 11.5. The summed E-state index contributed by atoms with van der Waals surface area (Å²) in [5.41, 5.74) is 0.501. The van der Waals surface area contributed by atoms with Gasteiger partial charge in [-0.05, 0) is 17.7 Å². The third-order valence-electron chi connectivity index (χ3n) is 1.82. The molecular weight excluding hydrogens is 196 g/mol. The van der Waals surface area contributed by atoms with E-state index in [0.717, 1.165) is 0 Å². The maximum absolute atomic E-state index is 11.3. The van der Waals surface area contributed by atoms with Crippen molar-refractivity contribution in [3.63, 3.8) is 0 Å². The van der Waals surface area contributed by atoms with E-state index >= 15 is 0 Å². The molecule has 15 heavy (non-hydrogen) atoms. The summed E-state index contributed by atoms with van der Waals surface area (Å²) in [5.74, 6) is -0.389. The lowest BCUT2D eigenvalue weighted by Crippen LogP contribution is -2.14. The van der Waals surface area contributed by atoms with Crippen molar-refractivity contribution in [2.24, 2.45) is 5.92 Å². The van der Waals surface area contributed by atoms with Gasteiger partial charge in [-0.15, -0.1) is 0 Å². The lowest BCUT2D eigenvalue weighted by atomic mass is 10.2. The summed E-state index contributed by atoms with van der Waals surface area (Å²) >= 11 is 0. The van der Waals surface area contributed by atoms with Crippen LogP contribution in [-0.2, 0) is 11.4 Å². The predicted molar refractivity (Wildman–Crippen MR) is 54.5 cm³/mol.